The van der Waals surface area contributed by atoms with Crippen molar-refractivity contribution < 1.29 is 19.1 Å². The molecule has 16 heavy (non-hydrogen) atoms. The van der Waals surface area contributed by atoms with Gasteiger partial charge in [0, 0.05) is 6.42 Å². The maximum absolute atomic E-state index is 11.7. The van der Waals surface area contributed by atoms with Crippen LogP contribution >= 0.6 is 0 Å². The molecule has 0 aliphatic carbocycles. The first-order valence-electron chi connectivity index (χ1n) is 5.71. The molecule has 0 bridgehead atoms. The fourth-order valence-corrected chi connectivity index (χ4v) is 1.40. The number of ketones is 2. The zero-order chi connectivity index (χ0) is 12.6. The lowest BCUT2D eigenvalue weighted by molar-refractivity contribution is -0.148. The zero-order valence-corrected chi connectivity index (χ0v) is 10.2. The summed E-state index contributed by atoms with van der Waals surface area (Å²) in [4.78, 5) is 34.1. The van der Waals surface area contributed by atoms with Gasteiger partial charge in [0.2, 0.25) is 0 Å². The maximum atomic E-state index is 11.7. The number of unbranched alkanes of at least 4 members (excludes halogenated alkanes) is 1. The van der Waals surface area contributed by atoms with Gasteiger partial charge >= 0.3 is 5.97 Å². The predicted molar refractivity (Wildman–Crippen MR) is 60.0 cm³/mol. The van der Waals surface area contributed by atoms with Gasteiger partial charge in [0.1, 0.15) is 11.6 Å². The number of Topliss-reactive ketones (excluding diaryl/α,β-unsaturated/α-hetero) is 2. The van der Waals surface area contributed by atoms with E-state index in [0.717, 1.165) is 12.8 Å². The molecule has 0 fully saturated rings. The summed E-state index contributed by atoms with van der Waals surface area (Å²) in [7, 11) is 0. The van der Waals surface area contributed by atoms with Crippen molar-refractivity contribution in [3.05, 3.63) is 0 Å². The Balaban J connectivity index is 4.32. The Hall–Kier alpha value is -1.19. The van der Waals surface area contributed by atoms with Crippen LogP contribution in [-0.4, -0.2) is 24.1 Å². The molecule has 0 heterocycles. The summed E-state index contributed by atoms with van der Waals surface area (Å²) in [6, 6.07) is 0. The molecule has 0 saturated carbocycles. The van der Waals surface area contributed by atoms with E-state index in [-0.39, 0.29) is 24.6 Å². The molecule has 0 saturated heterocycles. The van der Waals surface area contributed by atoms with Crippen LogP contribution in [0.5, 0.6) is 0 Å². The molecule has 0 aromatic rings. The first kappa shape index (κ1) is 14.8. The second kappa shape index (κ2) is 8.02. The van der Waals surface area contributed by atoms with E-state index in [1.807, 2.05) is 6.92 Å². The molecule has 0 aromatic carbocycles. The van der Waals surface area contributed by atoms with E-state index in [2.05, 4.69) is 0 Å². The minimum Gasteiger partial charge on any atom is -0.466 e. The van der Waals surface area contributed by atoms with E-state index in [1.54, 1.807) is 6.92 Å². The van der Waals surface area contributed by atoms with Crippen LogP contribution in [0.3, 0.4) is 0 Å². The lowest BCUT2D eigenvalue weighted by Crippen LogP contribution is -2.25. The van der Waals surface area contributed by atoms with Gasteiger partial charge in [-0.3, -0.25) is 14.4 Å². The molecule has 1 unspecified atom stereocenters. The fraction of sp³-hybridized carbons (Fsp3) is 0.750. The lowest BCUT2D eigenvalue weighted by Gasteiger charge is -2.11. The summed E-state index contributed by atoms with van der Waals surface area (Å²) < 4.78 is 4.73. The molecule has 0 spiro atoms. The lowest BCUT2D eigenvalue weighted by atomic mass is 9.93. The minimum atomic E-state index is -0.814. The zero-order valence-electron chi connectivity index (χ0n) is 10.2. The summed E-state index contributed by atoms with van der Waals surface area (Å²) in [5.74, 6) is -1.70. The number of carbonyl (C=O) groups is 3. The average molecular weight is 228 g/mol. The molecular formula is C12H20O4. The number of carbonyl (C=O) groups excluding carboxylic acids is 3. The molecule has 4 nitrogen and oxygen atoms in total. The molecule has 0 rings (SSSR count). The molecule has 0 radical (unpaired) electrons. The van der Waals surface area contributed by atoms with E-state index in [1.165, 1.54) is 6.92 Å². The van der Waals surface area contributed by atoms with E-state index < -0.39 is 11.9 Å². The van der Waals surface area contributed by atoms with Crippen LogP contribution in [0.25, 0.3) is 0 Å². The van der Waals surface area contributed by atoms with Crippen LogP contribution in [0.1, 0.15) is 46.5 Å². The molecule has 0 aliphatic heterocycles. The molecule has 0 aliphatic rings. The predicted octanol–water partition coefficient (Wildman–Crippen LogP) is 1.90. The smallest absolute Gasteiger partial charge is 0.306 e. The molecule has 1 atom stereocenters. The highest BCUT2D eigenvalue weighted by Crippen LogP contribution is 2.12. The topological polar surface area (TPSA) is 60.4 Å². The largest absolute Gasteiger partial charge is 0.466 e. The quantitative estimate of drug-likeness (QED) is 0.470. The number of rotatable bonds is 8. The second-order valence-electron chi connectivity index (χ2n) is 3.74. The van der Waals surface area contributed by atoms with Gasteiger partial charge < -0.3 is 4.74 Å². The Morgan fingerprint density at radius 3 is 2.25 bits per heavy atom. The van der Waals surface area contributed by atoms with E-state index in [0.29, 0.717) is 6.42 Å². The number of esters is 1. The van der Waals surface area contributed by atoms with Crippen LogP contribution in [0.4, 0.5) is 0 Å². The van der Waals surface area contributed by atoms with Gasteiger partial charge in [-0.05, 0) is 20.3 Å². The van der Waals surface area contributed by atoms with Crippen LogP contribution in [0.2, 0.25) is 0 Å². The van der Waals surface area contributed by atoms with Gasteiger partial charge in [0.05, 0.1) is 18.9 Å². The summed E-state index contributed by atoms with van der Waals surface area (Å²) in [6.07, 6.45) is 1.90. The standard InChI is InChI=1S/C12H20O4/c1-4-6-7-11(14)10(9(3)13)8-12(15)16-5-2/h10H,4-8H2,1-3H3. The van der Waals surface area contributed by atoms with Crippen LogP contribution in [-0.2, 0) is 19.1 Å². The van der Waals surface area contributed by atoms with Gasteiger partial charge in [-0.15, -0.1) is 0 Å². The molecule has 4 heteroatoms. The van der Waals surface area contributed by atoms with Crippen molar-refractivity contribution >= 4 is 17.5 Å². The van der Waals surface area contributed by atoms with Crippen molar-refractivity contribution in [1.82, 2.24) is 0 Å². The summed E-state index contributed by atoms with van der Waals surface area (Å²) in [5, 5.41) is 0. The van der Waals surface area contributed by atoms with Gasteiger partial charge in [-0.25, -0.2) is 0 Å². The molecule has 0 N–H and O–H groups in total. The van der Waals surface area contributed by atoms with E-state index in [9.17, 15) is 14.4 Å². The highest BCUT2D eigenvalue weighted by molar-refractivity contribution is 6.03. The van der Waals surface area contributed by atoms with Gasteiger partial charge in [-0.2, -0.15) is 0 Å². The van der Waals surface area contributed by atoms with Crippen LogP contribution in [0, 0.1) is 5.92 Å². The Bertz CT molecular complexity index is 258. The third kappa shape index (κ3) is 5.63. The van der Waals surface area contributed by atoms with E-state index >= 15 is 0 Å². The van der Waals surface area contributed by atoms with Gasteiger partial charge in [-0.1, -0.05) is 13.3 Å². The van der Waals surface area contributed by atoms with E-state index in [4.69, 9.17) is 4.74 Å². The number of ether oxygens (including phenoxy) is 1. The Labute approximate surface area is 96.4 Å². The molecule has 0 aromatic heterocycles. The normalized spacial score (nSPS) is 11.9. The Kier molecular flexibility index (Phi) is 7.42. The number of hydrogen-bond donors (Lipinski definition) is 0. The molecule has 0 amide bonds. The van der Waals surface area contributed by atoms with Crippen molar-refractivity contribution in [2.24, 2.45) is 5.92 Å². The highest BCUT2D eigenvalue weighted by atomic mass is 16.5. The van der Waals surface area contributed by atoms with Crippen molar-refractivity contribution in [3.8, 4) is 0 Å². The number of hydrogen-bond acceptors (Lipinski definition) is 4. The van der Waals surface area contributed by atoms with Crippen LogP contribution in [0.15, 0.2) is 0 Å². The molecular weight excluding hydrogens is 208 g/mol. The maximum Gasteiger partial charge on any atom is 0.306 e. The van der Waals surface area contributed by atoms with Gasteiger partial charge in [0.15, 0.2) is 0 Å². The molecule has 92 valence electrons. The first-order valence-corrected chi connectivity index (χ1v) is 5.71. The second-order valence-corrected chi connectivity index (χ2v) is 3.74. The third-order valence-corrected chi connectivity index (χ3v) is 2.33. The fourth-order valence-electron chi connectivity index (χ4n) is 1.40. The van der Waals surface area contributed by atoms with Crippen LogP contribution < -0.4 is 0 Å². The Morgan fingerprint density at radius 1 is 1.19 bits per heavy atom. The van der Waals surface area contributed by atoms with Gasteiger partial charge in [0.25, 0.3) is 0 Å². The monoisotopic (exact) mass is 228 g/mol. The third-order valence-electron chi connectivity index (χ3n) is 2.33. The average Bonchev–Trinajstić information content (AvgIpc) is 2.22. The Morgan fingerprint density at radius 2 is 1.81 bits per heavy atom. The first-order chi connectivity index (χ1) is 7.52. The SMILES string of the molecule is CCCCC(=O)C(CC(=O)OCC)C(C)=O. The van der Waals surface area contributed by atoms with Crippen molar-refractivity contribution in [1.29, 1.82) is 0 Å². The summed E-state index contributed by atoms with van der Waals surface area (Å²) >= 11 is 0. The van der Waals surface area contributed by atoms with Crippen molar-refractivity contribution in [2.75, 3.05) is 6.61 Å². The van der Waals surface area contributed by atoms with Crippen molar-refractivity contribution in [3.63, 3.8) is 0 Å². The summed E-state index contributed by atoms with van der Waals surface area (Å²) in [5.41, 5.74) is 0. The van der Waals surface area contributed by atoms with Crippen molar-refractivity contribution in [2.45, 2.75) is 46.5 Å². The highest BCUT2D eigenvalue weighted by Gasteiger charge is 2.25. The minimum absolute atomic E-state index is 0.119. The summed E-state index contributed by atoms with van der Waals surface area (Å²) in [6.45, 7) is 5.28.